The van der Waals surface area contributed by atoms with E-state index in [-0.39, 0.29) is 6.03 Å². The van der Waals surface area contributed by atoms with E-state index in [1.54, 1.807) is 0 Å². The highest BCUT2D eigenvalue weighted by Crippen LogP contribution is 2.21. The molecule has 4 rings (SSSR count). The molecule has 2 aromatic rings. The number of likely N-dealkylation sites (tertiary alicyclic amines) is 2. The third-order valence-corrected chi connectivity index (χ3v) is 5.49. The zero-order valence-corrected chi connectivity index (χ0v) is 15.2. The zero-order valence-electron chi connectivity index (χ0n) is 15.2. The molecule has 136 valence electrons. The lowest BCUT2D eigenvalue weighted by Gasteiger charge is -2.46. The van der Waals surface area contributed by atoms with Gasteiger partial charge >= 0.3 is 6.03 Å². The second-order valence-corrected chi connectivity index (χ2v) is 7.45. The third-order valence-electron chi connectivity index (χ3n) is 5.49. The molecule has 0 saturated carbocycles. The molecule has 4 heteroatoms. The number of rotatable bonds is 4. The Morgan fingerprint density at radius 1 is 0.923 bits per heavy atom. The summed E-state index contributed by atoms with van der Waals surface area (Å²) in [6.45, 7) is 4.11. The van der Waals surface area contributed by atoms with Crippen molar-refractivity contribution < 1.29 is 4.79 Å². The van der Waals surface area contributed by atoms with Gasteiger partial charge in [0.05, 0.1) is 0 Å². The predicted molar refractivity (Wildman–Crippen MR) is 105 cm³/mol. The first-order chi connectivity index (χ1) is 12.8. The Balaban J connectivity index is 1.30. The molecule has 2 aliphatic heterocycles. The molecule has 0 bridgehead atoms. The number of hydrogen-bond acceptors (Lipinski definition) is 2. The Bertz CT molecular complexity index is 734. The van der Waals surface area contributed by atoms with Crippen LogP contribution < -0.4 is 5.32 Å². The maximum absolute atomic E-state index is 12.5. The van der Waals surface area contributed by atoms with E-state index in [2.05, 4.69) is 46.6 Å². The minimum Gasteiger partial charge on any atom is -0.321 e. The monoisotopic (exact) mass is 349 g/mol. The first-order valence-corrected chi connectivity index (χ1v) is 9.71. The van der Waals surface area contributed by atoms with Gasteiger partial charge in [-0.05, 0) is 55.6 Å². The Morgan fingerprint density at radius 2 is 1.65 bits per heavy atom. The standard InChI is InChI=1S/C22H27N3O/c26-22(25-16-21(17-25)24-12-5-2-6-13-24)23-20-11-7-10-19(15-20)14-18-8-3-1-4-9-18/h1,3-4,7-11,15,21H,2,5-6,12-14,16-17H2,(H,23,26). The number of nitrogens with one attached hydrogen (secondary N) is 1. The molecule has 2 aliphatic rings. The van der Waals surface area contributed by atoms with Gasteiger partial charge in [-0.25, -0.2) is 4.79 Å². The molecule has 0 aromatic heterocycles. The van der Waals surface area contributed by atoms with Gasteiger partial charge in [0, 0.05) is 24.8 Å². The van der Waals surface area contributed by atoms with Gasteiger partial charge < -0.3 is 10.2 Å². The topological polar surface area (TPSA) is 35.6 Å². The second kappa shape index (κ2) is 7.92. The van der Waals surface area contributed by atoms with Crippen LogP contribution in [-0.4, -0.2) is 48.1 Å². The van der Waals surface area contributed by atoms with Crippen LogP contribution in [0, 0.1) is 0 Å². The number of anilines is 1. The fraction of sp³-hybridized carbons (Fsp3) is 0.409. The fourth-order valence-electron chi connectivity index (χ4n) is 3.93. The van der Waals surface area contributed by atoms with Crippen molar-refractivity contribution in [1.82, 2.24) is 9.80 Å². The lowest BCUT2D eigenvalue weighted by atomic mass is 10.0. The molecule has 0 spiro atoms. The van der Waals surface area contributed by atoms with Crippen molar-refractivity contribution in [3.63, 3.8) is 0 Å². The Labute approximate surface area is 155 Å². The summed E-state index contributed by atoms with van der Waals surface area (Å²) in [4.78, 5) is 17.0. The first-order valence-electron chi connectivity index (χ1n) is 9.71. The van der Waals surface area contributed by atoms with Gasteiger partial charge in [0.2, 0.25) is 0 Å². The Kier molecular flexibility index (Phi) is 5.21. The molecular formula is C22H27N3O. The Hall–Kier alpha value is -2.33. The molecule has 2 fully saturated rings. The van der Waals surface area contributed by atoms with Crippen LogP contribution in [-0.2, 0) is 6.42 Å². The number of carbonyl (C=O) groups is 1. The van der Waals surface area contributed by atoms with Crippen molar-refractivity contribution in [2.45, 2.75) is 31.7 Å². The zero-order chi connectivity index (χ0) is 17.8. The molecule has 2 saturated heterocycles. The molecule has 2 aromatic carbocycles. The van der Waals surface area contributed by atoms with E-state index >= 15 is 0 Å². The lowest BCUT2D eigenvalue weighted by Crippen LogP contribution is -2.62. The minimum absolute atomic E-state index is 0.0233. The highest BCUT2D eigenvalue weighted by atomic mass is 16.2. The molecule has 4 nitrogen and oxygen atoms in total. The third kappa shape index (κ3) is 4.07. The smallest absolute Gasteiger partial charge is 0.321 e. The van der Waals surface area contributed by atoms with Crippen molar-refractivity contribution in [1.29, 1.82) is 0 Å². The van der Waals surface area contributed by atoms with Crippen molar-refractivity contribution in [2.75, 3.05) is 31.5 Å². The van der Waals surface area contributed by atoms with Crippen LogP contribution in [0.2, 0.25) is 0 Å². The van der Waals surface area contributed by atoms with Gasteiger partial charge in [-0.1, -0.05) is 48.9 Å². The summed E-state index contributed by atoms with van der Waals surface area (Å²) in [7, 11) is 0. The first kappa shape index (κ1) is 17.1. The molecule has 0 aliphatic carbocycles. The van der Waals surface area contributed by atoms with Gasteiger partial charge in [0.15, 0.2) is 0 Å². The number of nitrogens with zero attached hydrogens (tertiary/aromatic N) is 2. The molecule has 0 atom stereocenters. The van der Waals surface area contributed by atoms with Gasteiger partial charge in [0.1, 0.15) is 0 Å². The van der Waals surface area contributed by atoms with E-state index in [4.69, 9.17) is 0 Å². The molecule has 2 heterocycles. The second-order valence-electron chi connectivity index (χ2n) is 7.45. The number of benzene rings is 2. The number of hydrogen-bond donors (Lipinski definition) is 1. The van der Waals surface area contributed by atoms with E-state index in [1.165, 1.54) is 43.5 Å². The molecular weight excluding hydrogens is 322 g/mol. The quantitative estimate of drug-likeness (QED) is 0.906. The highest BCUT2D eigenvalue weighted by Gasteiger charge is 2.35. The number of urea groups is 1. The summed E-state index contributed by atoms with van der Waals surface area (Å²) in [5, 5.41) is 3.06. The molecule has 0 unspecified atom stereocenters. The van der Waals surface area contributed by atoms with Crippen molar-refractivity contribution in [2.24, 2.45) is 0 Å². The lowest BCUT2D eigenvalue weighted by molar-refractivity contribution is 0.0493. The van der Waals surface area contributed by atoms with Crippen molar-refractivity contribution in [3.05, 3.63) is 65.7 Å². The summed E-state index contributed by atoms with van der Waals surface area (Å²) in [5.41, 5.74) is 3.37. The SMILES string of the molecule is O=C(Nc1cccc(Cc2ccccc2)c1)N1CC(N2CCCCC2)C1. The van der Waals surface area contributed by atoms with Crippen LogP contribution in [0.4, 0.5) is 10.5 Å². The maximum Gasteiger partial charge on any atom is 0.321 e. The van der Waals surface area contributed by atoms with Crippen LogP contribution in [0.1, 0.15) is 30.4 Å². The minimum atomic E-state index is 0.0233. The largest absolute Gasteiger partial charge is 0.321 e. The summed E-state index contributed by atoms with van der Waals surface area (Å²) in [6, 6.07) is 19.2. The summed E-state index contributed by atoms with van der Waals surface area (Å²) < 4.78 is 0. The van der Waals surface area contributed by atoms with Crippen LogP contribution in [0.5, 0.6) is 0 Å². The number of carbonyl (C=O) groups excluding carboxylic acids is 1. The number of piperidine rings is 1. The van der Waals surface area contributed by atoms with E-state index in [1.807, 2.05) is 23.1 Å². The van der Waals surface area contributed by atoms with Crippen molar-refractivity contribution >= 4 is 11.7 Å². The number of amides is 2. The van der Waals surface area contributed by atoms with Crippen LogP contribution in [0.15, 0.2) is 54.6 Å². The normalized spacial score (nSPS) is 18.4. The molecule has 0 radical (unpaired) electrons. The summed E-state index contributed by atoms with van der Waals surface area (Å²) in [6.07, 6.45) is 4.84. The van der Waals surface area contributed by atoms with Crippen LogP contribution in [0.25, 0.3) is 0 Å². The van der Waals surface area contributed by atoms with Gasteiger partial charge in [-0.3, -0.25) is 4.90 Å². The molecule has 26 heavy (non-hydrogen) atoms. The van der Waals surface area contributed by atoms with E-state index < -0.39 is 0 Å². The highest BCUT2D eigenvalue weighted by molar-refractivity contribution is 5.90. The fourth-order valence-corrected chi connectivity index (χ4v) is 3.93. The average Bonchev–Trinajstić information content (AvgIpc) is 2.62. The van der Waals surface area contributed by atoms with Crippen molar-refractivity contribution in [3.8, 4) is 0 Å². The van der Waals surface area contributed by atoms with Gasteiger partial charge in [-0.2, -0.15) is 0 Å². The van der Waals surface area contributed by atoms with Crippen LogP contribution in [0.3, 0.4) is 0 Å². The predicted octanol–water partition coefficient (Wildman–Crippen LogP) is 3.98. The molecule has 2 amide bonds. The van der Waals surface area contributed by atoms with Gasteiger partial charge in [-0.15, -0.1) is 0 Å². The average molecular weight is 349 g/mol. The van der Waals surface area contributed by atoms with Gasteiger partial charge in [0.25, 0.3) is 0 Å². The maximum atomic E-state index is 12.5. The van der Waals surface area contributed by atoms with E-state index in [0.29, 0.717) is 6.04 Å². The molecule has 1 N–H and O–H groups in total. The summed E-state index contributed by atoms with van der Waals surface area (Å²) >= 11 is 0. The van der Waals surface area contributed by atoms with Crippen LogP contribution >= 0.6 is 0 Å². The van der Waals surface area contributed by atoms with E-state index in [0.717, 1.165) is 25.2 Å². The van der Waals surface area contributed by atoms with E-state index in [9.17, 15) is 4.79 Å². The summed E-state index contributed by atoms with van der Waals surface area (Å²) in [5.74, 6) is 0. The Morgan fingerprint density at radius 3 is 2.42 bits per heavy atom.